The van der Waals surface area contributed by atoms with Gasteiger partial charge in [-0.3, -0.25) is 9.69 Å². The molecule has 0 aromatic heterocycles. The van der Waals surface area contributed by atoms with Gasteiger partial charge in [-0.1, -0.05) is 28.1 Å². The second kappa shape index (κ2) is 6.90. The maximum atomic E-state index is 12.5. The van der Waals surface area contributed by atoms with E-state index < -0.39 is 0 Å². The average Bonchev–Trinajstić information content (AvgIpc) is 3.05. The van der Waals surface area contributed by atoms with Crippen molar-refractivity contribution in [2.45, 2.75) is 17.8 Å². The minimum atomic E-state index is 0.159. The lowest BCUT2D eigenvalue weighted by Crippen LogP contribution is -2.45. The third-order valence-electron chi connectivity index (χ3n) is 4.37. The van der Waals surface area contributed by atoms with Gasteiger partial charge in [-0.15, -0.1) is 0 Å². The third kappa shape index (κ3) is 3.47. The zero-order valence-corrected chi connectivity index (χ0v) is 13.7. The van der Waals surface area contributed by atoms with Gasteiger partial charge in [0.1, 0.15) is 0 Å². The number of carbonyl (C=O) groups excluding carboxylic acids is 1. The molecule has 0 N–H and O–H groups in total. The monoisotopic (exact) mass is 352 g/mol. The molecule has 2 aliphatic heterocycles. The summed E-state index contributed by atoms with van der Waals surface area (Å²) in [5.41, 5.74) is 1.99. The molecule has 114 valence electrons. The molecule has 0 bridgehead atoms. The van der Waals surface area contributed by atoms with Gasteiger partial charge < -0.3 is 9.64 Å². The molecule has 1 atom stereocenters. The van der Waals surface area contributed by atoms with Crippen molar-refractivity contribution < 1.29 is 9.53 Å². The lowest BCUT2D eigenvalue weighted by atomic mass is 10.1. The van der Waals surface area contributed by atoms with Crippen LogP contribution in [0.4, 0.5) is 0 Å². The molecule has 0 radical (unpaired) electrons. The van der Waals surface area contributed by atoms with Gasteiger partial charge >= 0.3 is 0 Å². The first-order valence-electron chi connectivity index (χ1n) is 7.54. The van der Waals surface area contributed by atoms with E-state index in [0.29, 0.717) is 6.04 Å². The van der Waals surface area contributed by atoms with E-state index in [1.165, 1.54) is 5.56 Å². The Kier molecular flexibility index (Phi) is 4.93. The Morgan fingerprint density at radius 3 is 2.57 bits per heavy atom. The maximum absolute atomic E-state index is 12.5. The van der Waals surface area contributed by atoms with Crippen molar-refractivity contribution in [2.75, 3.05) is 39.4 Å². The fourth-order valence-corrected chi connectivity index (χ4v) is 3.46. The Labute approximate surface area is 134 Å². The highest BCUT2D eigenvalue weighted by Gasteiger charge is 2.31. The number of morpholine rings is 1. The first-order valence-corrected chi connectivity index (χ1v) is 8.66. The van der Waals surface area contributed by atoms with E-state index >= 15 is 0 Å². The van der Waals surface area contributed by atoms with E-state index in [2.05, 4.69) is 20.8 Å². The number of halogens is 1. The molecule has 0 aliphatic carbocycles. The summed E-state index contributed by atoms with van der Waals surface area (Å²) in [4.78, 5) is 17.0. The van der Waals surface area contributed by atoms with Crippen molar-refractivity contribution in [1.29, 1.82) is 0 Å². The smallest absolute Gasteiger partial charge is 0.253 e. The highest BCUT2D eigenvalue weighted by Crippen LogP contribution is 2.19. The van der Waals surface area contributed by atoms with Crippen LogP contribution in [0.25, 0.3) is 0 Å². The zero-order valence-electron chi connectivity index (χ0n) is 12.1. The molecule has 0 saturated carbocycles. The first kappa shape index (κ1) is 15.0. The molecule has 1 aromatic carbocycles. The van der Waals surface area contributed by atoms with Crippen LogP contribution in [-0.2, 0) is 10.1 Å². The van der Waals surface area contributed by atoms with Crippen molar-refractivity contribution in [1.82, 2.24) is 9.80 Å². The minimum Gasteiger partial charge on any atom is -0.379 e. The molecule has 2 saturated heterocycles. The van der Waals surface area contributed by atoms with Crippen molar-refractivity contribution in [2.24, 2.45) is 0 Å². The van der Waals surface area contributed by atoms with Crippen LogP contribution < -0.4 is 0 Å². The summed E-state index contributed by atoms with van der Waals surface area (Å²) in [6, 6.07) is 8.39. The molecular weight excluding hydrogens is 332 g/mol. The van der Waals surface area contributed by atoms with E-state index in [-0.39, 0.29) is 5.91 Å². The normalized spacial score (nSPS) is 23.5. The summed E-state index contributed by atoms with van der Waals surface area (Å²) >= 11 is 3.43. The molecule has 1 unspecified atom stereocenters. The van der Waals surface area contributed by atoms with E-state index in [1.807, 2.05) is 29.2 Å². The number of nitrogens with zero attached hydrogens (tertiary/aromatic N) is 2. The fourth-order valence-electron chi connectivity index (χ4n) is 3.09. The molecule has 0 spiro atoms. The molecular formula is C16H21BrN2O2. The minimum absolute atomic E-state index is 0.159. The summed E-state index contributed by atoms with van der Waals surface area (Å²) < 4.78 is 5.40. The molecule has 1 amide bonds. The number of hydrogen-bond acceptors (Lipinski definition) is 3. The van der Waals surface area contributed by atoms with Crippen LogP contribution in [0.15, 0.2) is 24.3 Å². The van der Waals surface area contributed by atoms with E-state index in [1.54, 1.807) is 0 Å². The van der Waals surface area contributed by atoms with Crippen LogP contribution in [0.1, 0.15) is 22.3 Å². The lowest BCUT2D eigenvalue weighted by Gasteiger charge is -2.32. The standard InChI is InChI=1S/C16H21BrN2O2/c17-11-13-1-3-14(4-2-13)16(20)19-6-5-15(12-19)18-7-9-21-10-8-18/h1-4,15H,5-12H2. The quantitative estimate of drug-likeness (QED) is 0.781. The second-order valence-electron chi connectivity index (χ2n) is 5.67. The topological polar surface area (TPSA) is 32.8 Å². The molecule has 1 aromatic rings. The molecule has 21 heavy (non-hydrogen) atoms. The van der Waals surface area contributed by atoms with Gasteiger partial charge in [0.15, 0.2) is 0 Å². The van der Waals surface area contributed by atoms with Crippen molar-refractivity contribution in [3.63, 3.8) is 0 Å². The number of hydrogen-bond donors (Lipinski definition) is 0. The van der Waals surface area contributed by atoms with Crippen LogP contribution in [0, 0.1) is 0 Å². The third-order valence-corrected chi connectivity index (χ3v) is 5.02. The van der Waals surface area contributed by atoms with Crippen LogP contribution >= 0.6 is 15.9 Å². The van der Waals surface area contributed by atoms with Gasteiger partial charge in [0.2, 0.25) is 0 Å². The van der Waals surface area contributed by atoms with E-state index in [4.69, 9.17) is 4.74 Å². The number of carbonyl (C=O) groups is 1. The Morgan fingerprint density at radius 1 is 1.19 bits per heavy atom. The van der Waals surface area contributed by atoms with E-state index in [0.717, 1.165) is 56.7 Å². The molecule has 2 heterocycles. The van der Waals surface area contributed by atoms with Gasteiger partial charge in [0.05, 0.1) is 13.2 Å². The predicted octanol–water partition coefficient (Wildman–Crippen LogP) is 2.13. The van der Waals surface area contributed by atoms with Crippen LogP contribution in [-0.4, -0.2) is 61.1 Å². The van der Waals surface area contributed by atoms with Crippen molar-refractivity contribution >= 4 is 21.8 Å². The Morgan fingerprint density at radius 2 is 1.90 bits per heavy atom. The predicted molar refractivity (Wildman–Crippen MR) is 85.8 cm³/mol. The molecule has 5 heteroatoms. The second-order valence-corrected chi connectivity index (χ2v) is 6.23. The number of amides is 1. The molecule has 3 rings (SSSR count). The van der Waals surface area contributed by atoms with Crippen LogP contribution in [0.5, 0.6) is 0 Å². The Bertz CT molecular complexity index is 486. The number of likely N-dealkylation sites (tertiary alicyclic amines) is 1. The number of benzene rings is 1. The van der Waals surface area contributed by atoms with Crippen molar-refractivity contribution in [3.8, 4) is 0 Å². The van der Waals surface area contributed by atoms with Gasteiger partial charge in [0.25, 0.3) is 5.91 Å². The molecule has 2 fully saturated rings. The zero-order chi connectivity index (χ0) is 14.7. The first-order chi connectivity index (χ1) is 10.3. The summed E-state index contributed by atoms with van der Waals surface area (Å²) in [5, 5.41) is 0.824. The number of rotatable bonds is 3. The summed E-state index contributed by atoms with van der Waals surface area (Å²) in [5.74, 6) is 0.159. The summed E-state index contributed by atoms with van der Waals surface area (Å²) in [6.07, 6.45) is 1.07. The average molecular weight is 353 g/mol. The number of ether oxygens (including phenoxy) is 1. The van der Waals surface area contributed by atoms with Crippen LogP contribution in [0.2, 0.25) is 0 Å². The SMILES string of the molecule is O=C(c1ccc(CBr)cc1)N1CCC(N2CCOCC2)C1. The van der Waals surface area contributed by atoms with Crippen molar-refractivity contribution in [3.05, 3.63) is 35.4 Å². The van der Waals surface area contributed by atoms with Gasteiger partial charge in [-0.2, -0.15) is 0 Å². The highest BCUT2D eigenvalue weighted by atomic mass is 79.9. The van der Waals surface area contributed by atoms with Crippen LogP contribution in [0.3, 0.4) is 0 Å². The Balaban J connectivity index is 1.60. The summed E-state index contributed by atoms with van der Waals surface area (Å²) in [7, 11) is 0. The Hall–Kier alpha value is -0.910. The molecule has 2 aliphatic rings. The fraction of sp³-hybridized carbons (Fsp3) is 0.562. The van der Waals surface area contributed by atoms with Gasteiger partial charge in [0, 0.05) is 43.1 Å². The van der Waals surface area contributed by atoms with Gasteiger partial charge in [-0.25, -0.2) is 0 Å². The maximum Gasteiger partial charge on any atom is 0.253 e. The van der Waals surface area contributed by atoms with E-state index in [9.17, 15) is 4.79 Å². The van der Waals surface area contributed by atoms with Gasteiger partial charge in [-0.05, 0) is 24.1 Å². The summed E-state index contributed by atoms with van der Waals surface area (Å²) in [6.45, 7) is 5.33. The highest BCUT2D eigenvalue weighted by molar-refractivity contribution is 9.08. The number of alkyl halides is 1. The largest absolute Gasteiger partial charge is 0.379 e. The lowest BCUT2D eigenvalue weighted by molar-refractivity contribution is 0.0185. The molecule has 4 nitrogen and oxygen atoms in total.